The number of benzene rings is 3. The average molecular weight is 376 g/mol. The molecule has 0 aliphatic heterocycles. The van der Waals surface area contributed by atoms with Crippen LogP contribution in [0.3, 0.4) is 0 Å². The number of para-hydroxylation sites is 2. The van der Waals surface area contributed by atoms with E-state index in [-0.39, 0.29) is 22.3 Å². The molecule has 3 aromatic carbocycles. The molecular formula is C19H12N4O5. The number of nitro groups is 1. The number of hydrogen-bond acceptors (Lipinski definition) is 8. The van der Waals surface area contributed by atoms with Crippen LogP contribution in [-0.2, 0) is 0 Å². The average Bonchev–Trinajstić information content (AvgIpc) is 3.19. The Kier molecular flexibility index (Phi) is 4.38. The fraction of sp³-hybridized carbons (Fsp3) is 0. The van der Waals surface area contributed by atoms with Crippen LogP contribution in [0.15, 0.2) is 71.4 Å². The molecule has 0 amide bonds. The summed E-state index contributed by atoms with van der Waals surface area (Å²) in [5.74, 6) is -0.133. The fourth-order valence-electron chi connectivity index (χ4n) is 2.67. The van der Waals surface area contributed by atoms with E-state index in [1.807, 2.05) is 6.07 Å². The second kappa shape index (κ2) is 7.16. The number of anilines is 2. The van der Waals surface area contributed by atoms with Crippen molar-refractivity contribution in [3.05, 3.63) is 82.4 Å². The molecule has 1 heterocycles. The van der Waals surface area contributed by atoms with E-state index in [9.17, 15) is 14.9 Å². The van der Waals surface area contributed by atoms with Gasteiger partial charge in [-0.25, -0.2) is 9.42 Å². The van der Waals surface area contributed by atoms with Crippen LogP contribution in [0.1, 0.15) is 10.4 Å². The highest BCUT2D eigenvalue weighted by atomic mass is 16.6. The summed E-state index contributed by atoms with van der Waals surface area (Å²) in [6.45, 7) is 0. The van der Waals surface area contributed by atoms with Gasteiger partial charge in [0.05, 0.1) is 21.9 Å². The monoisotopic (exact) mass is 376 g/mol. The van der Waals surface area contributed by atoms with Gasteiger partial charge in [-0.3, -0.25) is 10.1 Å². The number of carbonyl (C=O) groups excluding carboxylic acids is 1. The smallest absolute Gasteiger partial charge is 0.345 e. The maximum Gasteiger partial charge on any atom is 0.345 e. The molecule has 0 saturated heterocycles. The predicted molar refractivity (Wildman–Crippen MR) is 99.6 cm³/mol. The third-order valence-electron chi connectivity index (χ3n) is 3.96. The molecule has 9 nitrogen and oxygen atoms in total. The van der Waals surface area contributed by atoms with Gasteiger partial charge in [0.15, 0.2) is 5.52 Å². The first-order valence-corrected chi connectivity index (χ1v) is 8.16. The second-order valence-electron chi connectivity index (χ2n) is 5.72. The van der Waals surface area contributed by atoms with Gasteiger partial charge in [0.1, 0.15) is 5.75 Å². The van der Waals surface area contributed by atoms with Crippen LogP contribution in [0.5, 0.6) is 5.75 Å². The Morgan fingerprint density at radius 2 is 1.64 bits per heavy atom. The van der Waals surface area contributed by atoms with Crippen molar-refractivity contribution < 1.29 is 19.1 Å². The molecule has 0 aliphatic carbocycles. The first kappa shape index (κ1) is 17.2. The first-order chi connectivity index (χ1) is 13.6. The van der Waals surface area contributed by atoms with Gasteiger partial charge in [0.25, 0.3) is 0 Å². The van der Waals surface area contributed by atoms with E-state index in [1.54, 1.807) is 48.5 Å². The van der Waals surface area contributed by atoms with Gasteiger partial charge < -0.3 is 10.1 Å². The standard InChI is InChI=1S/C19H12N4O5/c24-19(27-12-6-2-1-3-7-12)13-8-4-5-9-14(13)20-15-10-11-16(23(25)26)18-17(15)21-28-22-18/h1-11,20H. The van der Waals surface area contributed by atoms with Gasteiger partial charge >= 0.3 is 11.7 Å². The molecule has 4 aromatic rings. The number of ether oxygens (including phenoxy) is 1. The van der Waals surface area contributed by atoms with E-state index >= 15 is 0 Å². The SMILES string of the molecule is O=C(Oc1ccccc1)c1ccccc1Nc1ccc([N+](=O)[O-])c2nonc12. The van der Waals surface area contributed by atoms with Crippen molar-refractivity contribution in [2.24, 2.45) is 0 Å². The molecule has 1 aromatic heterocycles. The van der Waals surface area contributed by atoms with E-state index in [0.29, 0.717) is 17.1 Å². The Morgan fingerprint density at radius 3 is 2.43 bits per heavy atom. The van der Waals surface area contributed by atoms with Crippen molar-refractivity contribution in [2.45, 2.75) is 0 Å². The number of carbonyl (C=O) groups is 1. The lowest BCUT2D eigenvalue weighted by Gasteiger charge is -2.11. The van der Waals surface area contributed by atoms with Gasteiger partial charge in [0.2, 0.25) is 5.52 Å². The molecule has 0 fully saturated rings. The number of hydrogen-bond donors (Lipinski definition) is 1. The van der Waals surface area contributed by atoms with Crippen molar-refractivity contribution in [1.82, 2.24) is 10.3 Å². The Balaban J connectivity index is 1.68. The van der Waals surface area contributed by atoms with Crippen LogP contribution in [0, 0.1) is 10.1 Å². The summed E-state index contributed by atoms with van der Waals surface area (Å²) in [6.07, 6.45) is 0. The molecule has 0 unspecified atom stereocenters. The third-order valence-corrected chi connectivity index (χ3v) is 3.96. The first-order valence-electron chi connectivity index (χ1n) is 8.16. The molecule has 0 radical (unpaired) electrons. The van der Waals surface area contributed by atoms with Gasteiger partial charge in [-0.05, 0) is 40.6 Å². The second-order valence-corrected chi connectivity index (χ2v) is 5.72. The van der Waals surface area contributed by atoms with Crippen LogP contribution in [-0.4, -0.2) is 21.2 Å². The summed E-state index contributed by atoms with van der Waals surface area (Å²) in [7, 11) is 0. The topological polar surface area (TPSA) is 120 Å². The summed E-state index contributed by atoms with van der Waals surface area (Å²) >= 11 is 0. The van der Waals surface area contributed by atoms with Crippen LogP contribution >= 0.6 is 0 Å². The summed E-state index contributed by atoms with van der Waals surface area (Å²) in [4.78, 5) is 23.1. The predicted octanol–water partition coefficient (Wildman–Crippen LogP) is 4.09. The zero-order valence-electron chi connectivity index (χ0n) is 14.2. The number of nitrogens with zero attached hydrogens (tertiary/aromatic N) is 3. The molecule has 4 rings (SSSR count). The molecule has 0 spiro atoms. The molecular weight excluding hydrogens is 364 g/mol. The zero-order valence-corrected chi connectivity index (χ0v) is 14.2. The van der Waals surface area contributed by atoms with Crippen molar-refractivity contribution in [2.75, 3.05) is 5.32 Å². The van der Waals surface area contributed by atoms with E-state index in [1.165, 1.54) is 12.1 Å². The zero-order chi connectivity index (χ0) is 19.5. The van der Waals surface area contributed by atoms with Gasteiger partial charge in [-0.1, -0.05) is 30.3 Å². The minimum atomic E-state index is -0.568. The number of nitrogens with one attached hydrogen (secondary N) is 1. The normalized spacial score (nSPS) is 10.6. The lowest BCUT2D eigenvalue weighted by Crippen LogP contribution is -2.11. The Labute approximate surface area is 157 Å². The van der Waals surface area contributed by atoms with Crippen molar-refractivity contribution in [3.8, 4) is 5.75 Å². The van der Waals surface area contributed by atoms with Gasteiger partial charge in [0, 0.05) is 6.07 Å². The summed E-state index contributed by atoms with van der Waals surface area (Å²) in [5, 5.41) is 21.5. The van der Waals surface area contributed by atoms with Crippen molar-refractivity contribution in [1.29, 1.82) is 0 Å². The Hall–Kier alpha value is -4.27. The quantitative estimate of drug-likeness (QED) is 0.239. The number of esters is 1. The lowest BCUT2D eigenvalue weighted by molar-refractivity contribution is -0.383. The lowest BCUT2D eigenvalue weighted by atomic mass is 10.1. The van der Waals surface area contributed by atoms with E-state index in [4.69, 9.17) is 4.74 Å². The third kappa shape index (κ3) is 3.23. The van der Waals surface area contributed by atoms with Gasteiger partial charge in [-0.2, -0.15) is 0 Å². The molecule has 9 heteroatoms. The molecule has 0 atom stereocenters. The number of non-ortho nitro benzene ring substituents is 1. The van der Waals surface area contributed by atoms with Gasteiger partial charge in [-0.15, -0.1) is 0 Å². The number of rotatable bonds is 5. The Bertz CT molecular complexity index is 1170. The molecule has 0 bridgehead atoms. The number of fused-ring (bicyclic) bond motifs is 1. The fourth-order valence-corrected chi connectivity index (χ4v) is 2.67. The number of aromatic nitrogens is 2. The summed E-state index contributed by atoms with van der Waals surface area (Å²) in [6, 6.07) is 18.2. The van der Waals surface area contributed by atoms with Crippen molar-refractivity contribution >= 4 is 34.1 Å². The van der Waals surface area contributed by atoms with Crippen molar-refractivity contribution in [3.63, 3.8) is 0 Å². The summed E-state index contributed by atoms with van der Waals surface area (Å²) < 4.78 is 10.0. The summed E-state index contributed by atoms with van der Waals surface area (Å²) in [5.41, 5.74) is 1.11. The minimum absolute atomic E-state index is 0.0133. The maximum atomic E-state index is 12.6. The van der Waals surface area contributed by atoms with E-state index in [2.05, 4.69) is 20.3 Å². The highest BCUT2D eigenvalue weighted by Gasteiger charge is 2.21. The molecule has 28 heavy (non-hydrogen) atoms. The van der Waals surface area contributed by atoms with Crippen LogP contribution in [0.4, 0.5) is 17.1 Å². The van der Waals surface area contributed by atoms with Crippen LogP contribution in [0.2, 0.25) is 0 Å². The molecule has 1 N–H and O–H groups in total. The van der Waals surface area contributed by atoms with Crippen LogP contribution < -0.4 is 10.1 Å². The maximum absolute atomic E-state index is 12.6. The molecule has 138 valence electrons. The van der Waals surface area contributed by atoms with E-state index in [0.717, 1.165) is 0 Å². The largest absolute Gasteiger partial charge is 0.423 e. The minimum Gasteiger partial charge on any atom is -0.423 e. The van der Waals surface area contributed by atoms with E-state index < -0.39 is 10.9 Å². The van der Waals surface area contributed by atoms with Crippen LogP contribution in [0.25, 0.3) is 11.0 Å². The highest BCUT2D eigenvalue weighted by molar-refractivity contribution is 6.00. The molecule has 0 saturated carbocycles. The highest BCUT2D eigenvalue weighted by Crippen LogP contribution is 2.31. The number of nitro benzene ring substituents is 1. The Morgan fingerprint density at radius 1 is 0.929 bits per heavy atom. The molecule has 0 aliphatic rings.